The minimum Gasteiger partial charge on any atom is -0.394 e. The summed E-state index contributed by atoms with van der Waals surface area (Å²) in [5, 5.41) is 87.3. The molecular formula is C68H129NO13. The first-order chi connectivity index (χ1) is 40.1. The van der Waals surface area contributed by atoms with Crippen molar-refractivity contribution in [3.8, 4) is 0 Å². The highest BCUT2D eigenvalue weighted by molar-refractivity contribution is 5.76. The molecule has 0 aromatic heterocycles. The number of aliphatic hydroxyl groups excluding tert-OH is 8. The second-order valence-corrected chi connectivity index (χ2v) is 24.7. The molecule has 82 heavy (non-hydrogen) atoms. The van der Waals surface area contributed by atoms with Crippen molar-refractivity contribution in [2.45, 2.75) is 383 Å². The Labute approximate surface area is 500 Å². The average molecular weight is 1170 g/mol. The van der Waals surface area contributed by atoms with E-state index in [1.807, 2.05) is 6.08 Å². The number of hydrogen-bond acceptors (Lipinski definition) is 13. The lowest BCUT2D eigenvalue weighted by Gasteiger charge is -2.46. The Morgan fingerprint density at radius 1 is 0.427 bits per heavy atom. The maximum absolute atomic E-state index is 13.3. The number of aliphatic hydroxyl groups is 8. The lowest BCUT2D eigenvalue weighted by Crippen LogP contribution is -2.65. The molecule has 0 aromatic rings. The average Bonchev–Trinajstić information content (AvgIpc) is 3.52. The molecule has 2 fully saturated rings. The minimum absolute atomic E-state index is 0.242. The van der Waals surface area contributed by atoms with Crippen LogP contribution >= 0.6 is 0 Å². The van der Waals surface area contributed by atoms with Gasteiger partial charge in [-0.1, -0.05) is 295 Å². The summed E-state index contributed by atoms with van der Waals surface area (Å²) in [5.41, 5.74) is 0. The number of ether oxygens (including phenoxy) is 4. The molecule has 0 spiro atoms. The van der Waals surface area contributed by atoms with Crippen molar-refractivity contribution >= 4 is 5.91 Å². The number of amides is 1. The van der Waals surface area contributed by atoms with Gasteiger partial charge in [-0.25, -0.2) is 0 Å². The van der Waals surface area contributed by atoms with Gasteiger partial charge < -0.3 is 65.1 Å². The standard InChI is InChI=1S/C68H129NO13/c1-3-5-7-9-11-13-15-17-19-21-23-25-26-27-28-29-30-31-32-33-35-37-39-41-43-45-47-49-51-57(72)56(69-60(73)52-50-48-46-44-42-40-38-36-34-24-22-20-18-16-14-12-10-8-6-4-2)55-79-67-65(78)63(76)66(59(54-71)81-67)82-68-64(77)62(75)61(74)58(53-70)80-68/h41,43,49,51,56-59,61-68,70-72,74-78H,3-40,42,44-48,50,52-55H2,1-2H3,(H,69,73)/b43-41+,51-49+. The molecule has 2 rings (SSSR count). The minimum atomic E-state index is -1.79. The van der Waals surface area contributed by atoms with E-state index in [0.717, 1.165) is 32.1 Å². The van der Waals surface area contributed by atoms with E-state index in [4.69, 9.17) is 18.9 Å². The van der Waals surface area contributed by atoms with Crippen LogP contribution in [0.3, 0.4) is 0 Å². The molecule has 1 amide bonds. The van der Waals surface area contributed by atoms with Crippen molar-refractivity contribution in [2.24, 2.45) is 0 Å². The maximum Gasteiger partial charge on any atom is 0.220 e. The summed E-state index contributed by atoms with van der Waals surface area (Å²) in [6, 6.07) is -0.929. The van der Waals surface area contributed by atoms with Crippen LogP contribution in [0.1, 0.15) is 309 Å². The third-order valence-electron chi connectivity index (χ3n) is 17.1. The third kappa shape index (κ3) is 37.9. The van der Waals surface area contributed by atoms with Crippen LogP contribution in [0, 0.1) is 0 Å². The molecule has 0 radical (unpaired) electrons. The molecule has 14 heteroatoms. The van der Waals surface area contributed by atoms with E-state index in [-0.39, 0.29) is 18.9 Å². The van der Waals surface area contributed by atoms with E-state index in [2.05, 4.69) is 31.3 Å². The van der Waals surface area contributed by atoms with Crippen molar-refractivity contribution in [1.29, 1.82) is 0 Å². The number of hydrogen-bond donors (Lipinski definition) is 9. The van der Waals surface area contributed by atoms with Gasteiger partial charge in [-0.3, -0.25) is 4.79 Å². The van der Waals surface area contributed by atoms with Gasteiger partial charge >= 0.3 is 0 Å². The summed E-state index contributed by atoms with van der Waals surface area (Å²) in [7, 11) is 0. The molecule has 12 atom stereocenters. The highest BCUT2D eigenvalue weighted by atomic mass is 16.7. The van der Waals surface area contributed by atoms with E-state index < -0.39 is 86.8 Å². The van der Waals surface area contributed by atoms with Crippen molar-refractivity contribution in [3.05, 3.63) is 24.3 Å². The van der Waals surface area contributed by atoms with Gasteiger partial charge in [0.05, 0.1) is 32.0 Å². The van der Waals surface area contributed by atoms with E-state index in [0.29, 0.717) is 12.8 Å². The molecule has 2 aliphatic rings. The number of rotatable bonds is 57. The second-order valence-electron chi connectivity index (χ2n) is 24.7. The summed E-state index contributed by atoms with van der Waals surface area (Å²) < 4.78 is 22.8. The van der Waals surface area contributed by atoms with Gasteiger partial charge in [-0.15, -0.1) is 0 Å². The molecule has 12 unspecified atom stereocenters. The molecule has 0 bridgehead atoms. The van der Waals surface area contributed by atoms with E-state index in [1.54, 1.807) is 6.08 Å². The van der Waals surface area contributed by atoms with Gasteiger partial charge in [0, 0.05) is 6.42 Å². The summed E-state index contributed by atoms with van der Waals surface area (Å²) in [6.07, 6.45) is 49.5. The van der Waals surface area contributed by atoms with Crippen molar-refractivity contribution < 1.29 is 64.6 Å². The number of carbonyl (C=O) groups excluding carboxylic acids is 1. The maximum atomic E-state index is 13.3. The first-order valence-corrected chi connectivity index (χ1v) is 34.6. The molecule has 0 aliphatic carbocycles. The number of nitrogens with one attached hydrogen (secondary N) is 1. The fourth-order valence-corrected chi connectivity index (χ4v) is 11.6. The Morgan fingerprint density at radius 2 is 0.780 bits per heavy atom. The molecule has 2 aliphatic heterocycles. The fraction of sp³-hybridized carbons (Fsp3) is 0.926. The predicted molar refractivity (Wildman–Crippen MR) is 332 cm³/mol. The Balaban J connectivity index is 1.70. The van der Waals surface area contributed by atoms with Crippen molar-refractivity contribution in [3.63, 3.8) is 0 Å². The zero-order chi connectivity index (χ0) is 59.5. The zero-order valence-electron chi connectivity index (χ0n) is 52.5. The van der Waals surface area contributed by atoms with Crippen LogP contribution in [0.4, 0.5) is 0 Å². The summed E-state index contributed by atoms with van der Waals surface area (Å²) >= 11 is 0. The quantitative estimate of drug-likeness (QED) is 0.0204. The number of unbranched alkanes of at least 4 members (excludes halogenated alkanes) is 42. The Kier molecular flexibility index (Phi) is 50.1. The molecule has 484 valence electrons. The van der Waals surface area contributed by atoms with Crippen LogP contribution < -0.4 is 5.32 Å². The first-order valence-electron chi connectivity index (χ1n) is 34.6. The molecule has 0 saturated carbocycles. The number of allylic oxidation sites excluding steroid dienone is 3. The Morgan fingerprint density at radius 3 is 1.20 bits per heavy atom. The van der Waals surface area contributed by atoms with Crippen LogP contribution in [0.2, 0.25) is 0 Å². The van der Waals surface area contributed by atoms with Gasteiger partial charge in [0.25, 0.3) is 0 Å². The molecule has 0 aromatic carbocycles. The predicted octanol–water partition coefficient (Wildman–Crippen LogP) is 13.6. The van der Waals surface area contributed by atoms with Crippen molar-refractivity contribution in [1.82, 2.24) is 5.32 Å². The molecule has 14 nitrogen and oxygen atoms in total. The van der Waals surface area contributed by atoms with Crippen LogP contribution in [-0.4, -0.2) is 140 Å². The van der Waals surface area contributed by atoms with E-state index in [9.17, 15) is 45.6 Å². The fourth-order valence-electron chi connectivity index (χ4n) is 11.6. The van der Waals surface area contributed by atoms with E-state index in [1.165, 1.54) is 244 Å². The van der Waals surface area contributed by atoms with Crippen LogP contribution in [0.5, 0.6) is 0 Å². The van der Waals surface area contributed by atoms with Crippen molar-refractivity contribution in [2.75, 3.05) is 19.8 Å². The molecule has 2 heterocycles. The first kappa shape index (κ1) is 76.6. The molecule has 2 saturated heterocycles. The molecule has 9 N–H and O–H groups in total. The van der Waals surface area contributed by atoms with Gasteiger partial charge in [0.15, 0.2) is 12.6 Å². The summed E-state index contributed by atoms with van der Waals surface area (Å²) in [6.45, 7) is 2.83. The SMILES string of the molecule is CCCCCCCCCCCCCCCCCCCCCCCC/C=C/CC/C=C/C(O)C(COC1OC(CO)C(OC2OC(CO)C(O)C(O)C2O)C(O)C1O)NC(=O)CCCCCCCCCCCCCCCCCCCCCC. The van der Waals surface area contributed by atoms with Gasteiger partial charge in [0.2, 0.25) is 5.91 Å². The third-order valence-corrected chi connectivity index (χ3v) is 17.1. The monoisotopic (exact) mass is 1170 g/mol. The van der Waals surface area contributed by atoms with E-state index >= 15 is 0 Å². The Hall–Kier alpha value is -1.53. The van der Waals surface area contributed by atoms with Gasteiger partial charge in [0.1, 0.15) is 48.8 Å². The highest BCUT2D eigenvalue weighted by Gasteiger charge is 2.51. The topological polar surface area (TPSA) is 228 Å². The van der Waals surface area contributed by atoms with Crippen LogP contribution in [0.15, 0.2) is 24.3 Å². The molecular weight excluding hydrogens is 1040 g/mol. The lowest BCUT2D eigenvalue weighted by molar-refractivity contribution is -0.359. The summed E-state index contributed by atoms with van der Waals surface area (Å²) in [5.74, 6) is -0.242. The smallest absolute Gasteiger partial charge is 0.220 e. The normalized spacial score (nSPS) is 24.0. The van der Waals surface area contributed by atoms with Gasteiger partial charge in [-0.05, 0) is 32.1 Å². The Bertz CT molecular complexity index is 1470. The summed E-state index contributed by atoms with van der Waals surface area (Å²) in [4.78, 5) is 13.3. The lowest BCUT2D eigenvalue weighted by atomic mass is 9.97. The van der Waals surface area contributed by atoms with Crippen LogP contribution in [0.25, 0.3) is 0 Å². The highest BCUT2D eigenvalue weighted by Crippen LogP contribution is 2.30. The van der Waals surface area contributed by atoms with Gasteiger partial charge in [-0.2, -0.15) is 0 Å². The second kappa shape index (κ2) is 53.7. The zero-order valence-corrected chi connectivity index (χ0v) is 52.5. The van der Waals surface area contributed by atoms with Crippen LogP contribution in [-0.2, 0) is 23.7 Å². The largest absolute Gasteiger partial charge is 0.394 e. The number of carbonyl (C=O) groups is 1.